The summed E-state index contributed by atoms with van der Waals surface area (Å²) in [5, 5.41) is 9.43. The summed E-state index contributed by atoms with van der Waals surface area (Å²) >= 11 is 0. The third kappa shape index (κ3) is 4.35. The van der Waals surface area contributed by atoms with Gasteiger partial charge in [0.25, 0.3) is 10.0 Å². The van der Waals surface area contributed by atoms with Crippen LogP contribution >= 0.6 is 0 Å². The molecule has 0 aliphatic heterocycles. The van der Waals surface area contributed by atoms with E-state index in [1.165, 1.54) is 18.2 Å². The second kappa shape index (κ2) is 7.24. The van der Waals surface area contributed by atoms with Gasteiger partial charge in [0, 0.05) is 17.1 Å². The minimum absolute atomic E-state index is 0.116. The molecule has 0 fully saturated rings. The quantitative estimate of drug-likeness (QED) is 0.674. The van der Waals surface area contributed by atoms with Gasteiger partial charge >= 0.3 is 5.97 Å². The highest BCUT2D eigenvalue weighted by Gasteiger charge is 2.17. The average molecular weight is 386 g/mol. The van der Waals surface area contributed by atoms with Crippen molar-refractivity contribution in [1.29, 1.82) is 0 Å². The summed E-state index contributed by atoms with van der Waals surface area (Å²) in [6.07, 6.45) is 0. The van der Waals surface area contributed by atoms with Crippen molar-refractivity contribution in [2.45, 2.75) is 18.7 Å². The van der Waals surface area contributed by atoms with Gasteiger partial charge in [0.15, 0.2) is 6.61 Å². The number of nitrogens with zero attached hydrogens (tertiary/aromatic N) is 1. The van der Waals surface area contributed by atoms with Crippen LogP contribution in [0.1, 0.15) is 11.3 Å². The number of carboxylic acid groups (broad SMARTS) is 1. The van der Waals surface area contributed by atoms with Crippen molar-refractivity contribution < 1.29 is 23.1 Å². The average Bonchev–Trinajstić information content (AvgIpc) is 2.60. The molecule has 0 spiro atoms. The largest absolute Gasteiger partial charge is 0.482 e. The lowest BCUT2D eigenvalue weighted by atomic mass is 10.1. The van der Waals surface area contributed by atoms with E-state index in [-0.39, 0.29) is 16.3 Å². The van der Waals surface area contributed by atoms with Crippen LogP contribution in [0, 0.1) is 13.8 Å². The van der Waals surface area contributed by atoms with E-state index in [0.29, 0.717) is 10.9 Å². The molecular formula is C19H18N2O5S. The molecule has 27 heavy (non-hydrogen) atoms. The number of fused-ring (bicyclic) bond motifs is 1. The Kier molecular flexibility index (Phi) is 5.00. The Morgan fingerprint density at radius 3 is 2.48 bits per heavy atom. The van der Waals surface area contributed by atoms with Gasteiger partial charge in [-0.2, -0.15) is 0 Å². The molecule has 0 saturated heterocycles. The number of nitrogens with one attached hydrogen (secondary N) is 1. The highest BCUT2D eigenvalue weighted by molar-refractivity contribution is 7.92. The molecule has 0 aliphatic rings. The van der Waals surface area contributed by atoms with E-state index in [4.69, 9.17) is 9.84 Å². The number of ether oxygens (including phenoxy) is 1. The van der Waals surface area contributed by atoms with E-state index >= 15 is 0 Å². The lowest BCUT2D eigenvalue weighted by Crippen LogP contribution is -2.14. The van der Waals surface area contributed by atoms with Crippen molar-refractivity contribution in [3.05, 3.63) is 59.8 Å². The molecule has 0 amide bonds. The summed E-state index contributed by atoms with van der Waals surface area (Å²) in [6, 6.07) is 13.1. The molecule has 0 atom stereocenters. The zero-order valence-electron chi connectivity index (χ0n) is 14.8. The fourth-order valence-corrected chi connectivity index (χ4v) is 3.59. The Bertz CT molecular complexity index is 1110. The number of sulfonamides is 1. The molecular weight excluding hydrogens is 368 g/mol. The number of aliphatic carboxylic acids is 1. The van der Waals surface area contributed by atoms with Crippen LogP contribution in [0.3, 0.4) is 0 Å². The standard InChI is InChI=1S/C19H18N2O5S/c1-12-3-7-16(8-4-12)27(24,25)21-17-10-15(26-11-18(22)23)9-14-6-5-13(2)20-19(14)17/h3-10,21H,11H2,1-2H3,(H,22,23). The topological polar surface area (TPSA) is 106 Å². The van der Waals surface area contributed by atoms with Crippen LogP contribution in [-0.2, 0) is 14.8 Å². The van der Waals surface area contributed by atoms with Gasteiger partial charge in [0.05, 0.1) is 16.1 Å². The maximum atomic E-state index is 12.7. The van der Waals surface area contributed by atoms with Crippen LogP contribution in [0.15, 0.2) is 53.4 Å². The molecule has 1 heterocycles. The number of carboxylic acids is 1. The highest BCUT2D eigenvalue weighted by Crippen LogP contribution is 2.30. The van der Waals surface area contributed by atoms with Crippen molar-refractivity contribution in [2.24, 2.45) is 0 Å². The van der Waals surface area contributed by atoms with Gasteiger partial charge in [0.2, 0.25) is 0 Å². The van der Waals surface area contributed by atoms with Crippen LogP contribution in [0.4, 0.5) is 5.69 Å². The predicted octanol–water partition coefficient (Wildman–Crippen LogP) is 3.12. The maximum Gasteiger partial charge on any atom is 0.341 e. The molecule has 3 rings (SSSR count). The third-order valence-electron chi connectivity index (χ3n) is 3.84. The monoisotopic (exact) mass is 386 g/mol. The summed E-state index contributed by atoms with van der Waals surface area (Å²) in [7, 11) is -3.84. The van der Waals surface area contributed by atoms with Gasteiger partial charge < -0.3 is 9.84 Å². The Morgan fingerprint density at radius 2 is 1.81 bits per heavy atom. The molecule has 2 N–H and O–H groups in total. The van der Waals surface area contributed by atoms with Crippen molar-refractivity contribution in [2.75, 3.05) is 11.3 Å². The number of benzene rings is 2. The number of pyridine rings is 1. The number of rotatable bonds is 6. The first-order valence-corrected chi connectivity index (χ1v) is 9.58. The Balaban J connectivity index is 2.06. The van der Waals surface area contributed by atoms with Gasteiger partial charge in [0.1, 0.15) is 5.75 Å². The van der Waals surface area contributed by atoms with E-state index in [1.54, 1.807) is 37.3 Å². The number of hydrogen-bond donors (Lipinski definition) is 2. The zero-order valence-corrected chi connectivity index (χ0v) is 15.6. The first-order chi connectivity index (χ1) is 12.7. The van der Waals surface area contributed by atoms with Gasteiger partial charge in [-0.15, -0.1) is 0 Å². The van der Waals surface area contributed by atoms with Crippen LogP contribution in [0.2, 0.25) is 0 Å². The summed E-state index contributed by atoms with van der Waals surface area (Å²) in [5.74, 6) is -0.893. The van der Waals surface area contributed by atoms with Gasteiger partial charge in [-0.3, -0.25) is 9.71 Å². The molecule has 0 aliphatic carbocycles. The molecule has 3 aromatic rings. The van der Waals surface area contributed by atoms with Gasteiger partial charge in [-0.25, -0.2) is 13.2 Å². The highest BCUT2D eigenvalue weighted by atomic mass is 32.2. The van der Waals surface area contributed by atoms with E-state index < -0.39 is 22.6 Å². The molecule has 8 heteroatoms. The van der Waals surface area contributed by atoms with E-state index in [0.717, 1.165) is 11.3 Å². The van der Waals surface area contributed by atoms with Crippen LogP contribution < -0.4 is 9.46 Å². The van der Waals surface area contributed by atoms with E-state index in [1.807, 2.05) is 6.92 Å². The fourth-order valence-electron chi connectivity index (χ4n) is 2.53. The van der Waals surface area contributed by atoms with Gasteiger partial charge in [-0.1, -0.05) is 23.8 Å². The summed E-state index contributed by atoms with van der Waals surface area (Å²) in [4.78, 5) is 15.3. The lowest BCUT2D eigenvalue weighted by Gasteiger charge is -2.13. The predicted molar refractivity (Wildman–Crippen MR) is 102 cm³/mol. The number of carbonyl (C=O) groups is 1. The molecule has 2 aromatic carbocycles. The first kappa shape index (κ1) is 18.7. The second-order valence-corrected chi connectivity index (χ2v) is 7.78. The number of anilines is 1. The minimum Gasteiger partial charge on any atom is -0.482 e. The molecule has 1 aromatic heterocycles. The third-order valence-corrected chi connectivity index (χ3v) is 5.22. The van der Waals surface area contributed by atoms with Crippen LogP contribution in [0.5, 0.6) is 5.75 Å². The fraction of sp³-hybridized carbons (Fsp3) is 0.158. The SMILES string of the molecule is Cc1ccc(S(=O)(=O)Nc2cc(OCC(=O)O)cc3ccc(C)nc23)cc1. The minimum atomic E-state index is -3.84. The van der Waals surface area contributed by atoms with Gasteiger partial charge in [-0.05, 0) is 38.1 Å². The molecule has 0 bridgehead atoms. The lowest BCUT2D eigenvalue weighted by molar-refractivity contribution is -0.139. The van der Waals surface area contributed by atoms with Crippen molar-refractivity contribution >= 4 is 32.6 Å². The molecule has 0 saturated carbocycles. The van der Waals surface area contributed by atoms with Crippen molar-refractivity contribution in [1.82, 2.24) is 4.98 Å². The van der Waals surface area contributed by atoms with Crippen LogP contribution in [0.25, 0.3) is 10.9 Å². The summed E-state index contributed by atoms with van der Waals surface area (Å²) in [6.45, 7) is 3.13. The Morgan fingerprint density at radius 1 is 1.11 bits per heavy atom. The zero-order chi connectivity index (χ0) is 19.6. The molecule has 140 valence electrons. The summed E-state index contributed by atoms with van der Waals surface area (Å²) < 4.78 is 33.2. The number of hydrogen-bond acceptors (Lipinski definition) is 5. The van der Waals surface area contributed by atoms with Crippen LogP contribution in [-0.4, -0.2) is 31.1 Å². The van der Waals surface area contributed by atoms with E-state index in [2.05, 4.69) is 9.71 Å². The number of aryl methyl sites for hydroxylation is 2. The Labute approximate surface area is 156 Å². The summed E-state index contributed by atoms with van der Waals surface area (Å²) in [5.41, 5.74) is 2.34. The maximum absolute atomic E-state index is 12.7. The van der Waals surface area contributed by atoms with E-state index in [9.17, 15) is 13.2 Å². The smallest absolute Gasteiger partial charge is 0.341 e. The van der Waals surface area contributed by atoms with Crippen molar-refractivity contribution in [3.8, 4) is 5.75 Å². The first-order valence-electron chi connectivity index (χ1n) is 8.10. The molecule has 0 radical (unpaired) electrons. The molecule has 7 nitrogen and oxygen atoms in total. The second-order valence-electron chi connectivity index (χ2n) is 6.10. The molecule has 0 unspecified atom stereocenters. The number of aromatic nitrogens is 1. The Hall–Kier alpha value is -3.13. The van der Waals surface area contributed by atoms with Crippen molar-refractivity contribution in [3.63, 3.8) is 0 Å². The normalized spacial score (nSPS) is 11.3.